The smallest absolute Gasteiger partial charge is 0.226 e. The number of nitrogens with two attached hydrogens (primary N) is 1. The van der Waals surface area contributed by atoms with E-state index in [1.807, 2.05) is 0 Å². The summed E-state index contributed by atoms with van der Waals surface area (Å²) in [6, 6.07) is 8.48. The van der Waals surface area contributed by atoms with Crippen LogP contribution in [-0.2, 0) is 17.6 Å². The first kappa shape index (κ1) is 15.5. The third kappa shape index (κ3) is 2.91. The zero-order valence-corrected chi connectivity index (χ0v) is 13.8. The van der Waals surface area contributed by atoms with Crippen LogP contribution in [0.5, 0.6) is 0 Å². The van der Waals surface area contributed by atoms with Crippen molar-refractivity contribution < 1.29 is 4.79 Å². The molecule has 120 valence electrons. The number of rotatable bonds is 3. The molecule has 3 heteroatoms. The topological polar surface area (TPSA) is 46.3 Å². The van der Waals surface area contributed by atoms with Crippen LogP contribution < -0.4 is 5.73 Å². The van der Waals surface area contributed by atoms with Crippen molar-refractivity contribution >= 4 is 5.91 Å². The first-order chi connectivity index (χ1) is 10.5. The molecule has 3 nitrogen and oxygen atoms in total. The minimum atomic E-state index is 0.163. The van der Waals surface area contributed by atoms with Crippen molar-refractivity contribution in [2.45, 2.75) is 39.5 Å². The van der Waals surface area contributed by atoms with Crippen LogP contribution in [0.25, 0.3) is 0 Å². The SMILES string of the molecule is CC(C)(CN)C1CCN(C(=O)C2Cc3ccccc3C2)CC1. The van der Waals surface area contributed by atoms with Crippen LogP contribution in [0.1, 0.15) is 37.8 Å². The molecule has 1 saturated heterocycles. The van der Waals surface area contributed by atoms with Crippen LogP contribution in [-0.4, -0.2) is 30.4 Å². The molecule has 0 spiro atoms. The molecule has 1 amide bonds. The average Bonchev–Trinajstić information content (AvgIpc) is 2.98. The number of benzene rings is 1. The monoisotopic (exact) mass is 300 g/mol. The van der Waals surface area contributed by atoms with Crippen LogP contribution in [0.3, 0.4) is 0 Å². The highest BCUT2D eigenvalue weighted by atomic mass is 16.2. The lowest BCUT2D eigenvalue weighted by molar-refractivity contribution is -0.137. The van der Waals surface area contributed by atoms with E-state index in [1.165, 1.54) is 11.1 Å². The number of fused-ring (bicyclic) bond motifs is 1. The molecule has 0 radical (unpaired) electrons. The Labute approximate surface area is 133 Å². The first-order valence-corrected chi connectivity index (χ1v) is 8.57. The summed E-state index contributed by atoms with van der Waals surface area (Å²) in [6.45, 7) is 7.04. The van der Waals surface area contributed by atoms with Gasteiger partial charge in [-0.3, -0.25) is 4.79 Å². The summed E-state index contributed by atoms with van der Waals surface area (Å²) in [7, 11) is 0. The molecule has 2 aliphatic rings. The molecule has 1 aliphatic heterocycles. The van der Waals surface area contributed by atoms with E-state index in [0.29, 0.717) is 11.8 Å². The van der Waals surface area contributed by atoms with Crippen molar-refractivity contribution in [2.75, 3.05) is 19.6 Å². The summed E-state index contributed by atoms with van der Waals surface area (Å²) >= 11 is 0. The molecular weight excluding hydrogens is 272 g/mol. The second-order valence-corrected chi connectivity index (χ2v) is 7.67. The van der Waals surface area contributed by atoms with E-state index < -0.39 is 0 Å². The number of nitrogens with zero attached hydrogens (tertiary/aromatic N) is 1. The van der Waals surface area contributed by atoms with Crippen molar-refractivity contribution in [3.05, 3.63) is 35.4 Å². The van der Waals surface area contributed by atoms with Crippen molar-refractivity contribution in [3.8, 4) is 0 Å². The van der Waals surface area contributed by atoms with Gasteiger partial charge in [-0.15, -0.1) is 0 Å². The van der Waals surface area contributed by atoms with Crippen LogP contribution in [0, 0.1) is 17.3 Å². The molecule has 1 aromatic rings. The first-order valence-electron chi connectivity index (χ1n) is 8.57. The lowest BCUT2D eigenvalue weighted by Gasteiger charge is -2.40. The maximum atomic E-state index is 12.8. The quantitative estimate of drug-likeness (QED) is 0.933. The molecule has 2 N–H and O–H groups in total. The van der Waals surface area contributed by atoms with E-state index in [9.17, 15) is 4.79 Å². The lowest BCUT2D eigenvalue weighted by Crippen LogP contribution is -2.46. The minimum absolute atomic E-state index is 0.163. The summed E-state index contributed by atoms with van der Waals surface area (Å²) in [5, 5.41) is 0. The van der Waals surface area contributed by atoms with E-state index in [1.54, 1.807) is 0 Å². The Morgan fingerprint density at radius 2 is 1.73 bits per heavy atom. The minimum Gasteiger partial charge on any atom is -0.342 e. The van der Waals surface area contributed by atoms with E-state index >= 15 is 0 Å². The fourth-order valence-corrected chi connectivity index (χ4v) is 4.04. The van der Waals surface area contributed by atoms with Gasteiger partial charge in [0.1, 0.15) is 0 Å². The van der Waals surface area contributed by atoms with Gasteiger partial charge in [0.05, 0.1) is 0 Å². The highest BCUT2D eigenvalue weighted by molar-refractivity contribution is 5.80. The van der Waals surface area contributed by atoms with E-state index in [4.69, 9.17) is 5.73 Å². The average molecular weight is 300 g/mol. The van der Waals surface area contributed by atoms with Gasteiger partial charge in [0.25, 0.3) is 0 Å². The Kier molecular flexibility index (Phi) is 4.26. The second-order valence-electron chi connectivity index (χ2n) is 7.67. The van der Waals surface area contributed by atoms with Crippen LogP contribution >= 0.6 is 0 Å². The third-order valence-corrected chi connectivity index (χ3v) is 5.84. The number of likely N-dealkylation sites (tertiary alicyclic amines) is 1. The van der Waals surface area contributed by atoms with Crippen molar-refractivity contribution in [2.24, 2.45) is 23.0 Å². The highest BCUT2D eigenvalue weighted by Gasteiger charge is 2.35. The molecule has 0 bridgehead atoms. The van der Waals surface area contributed by atoms with Crippen molar-refractivity contribution in [3.63, 3.8) is 0 Å². The Hall–Kier alpha value is -1.35. The zero-order chi connectivity index (χ0) is 15.7. The van der Waals surface area contributed by atoms with Gasteiger partial charge in [-0.2, -0.15) is 0 Å². The van der Waals surface area contributed by atoms with E-state index in [0.717, 1.165) is 45.3 Å². The van der Waals surface area contributed by atoms with Crippen LogP contribution in [0.4, 0.5) is 0 Å². The lowest BCUT2D eigenvalue weighted by atomic mass is 9.73. The fraction of sp³-hybridized carbons (Fsp3) is 0.632. The molecule has 0 aromatic heterocycles. The second kappa shape index (κ2) is 6.04. The maximum absolute atomic E-state index is 12.8. The maximum Gasteiger partial charge on any atom is 0.226 e. The number of carbonyl (C=O) groups excluding carboxylic acids is 1. The molecule has 0 saturated carbocycles. The molecular formula is C19H28N2O. The number of piperidine rings is 1. The van der Waals surface area contributed by atoms with Gasteiger partial charge in [-0.05, 0) is 54.7 Å². The fourth-order valence-electron chi connectivity index (χ4n) is 4.04. The molecule has 1 aliphatic carbocycles. The van der Waals surface area contributed by atoms with Gasteiger partial charge >= 0.3 is 0 Å². The number of hydrogen-bond donors (Lipinski definition) is 1. The van der Waals surface area contributed by atoms with Gasteiger partial charge in [-0.25, -0.2) is 0 Å². The molecule has 22 heavy (non-hydrogen) atoms. The summed E-state index contributed by atoms with van der Waals surface area (Å²) in [5.41, 5.74) is 8.81. The highest BCUT2D eigenvalue weighted by Crippen LogP contribution is 2.35. The number of carbonyl (C=O) groups is 1. The summed E-state index contributed by atoms with van der Waals surface area (Å²) in [6.07, 6.45) is 4.03. The Balaban J connectivity index is 1.58. The molecule has 0 atom stereocenters. The van der Waals surface area contributed by atoms with Crippen LogP contribution in [0.2, 0.25) is 0 Å². The summed E-state index contributed by atoms with van der Waals surface area (Å²) in [5.74, 6) is 1.17. The standard InChI is InChI=1S/C19H28N2O/c1-19(2,13-20)17-7-9-21(10-8-17)18(22)16-11-14-5-3-4-6-15(14)12-16/h3-6,16-17H,7-13,20H2,1-2H3. The van der Waals surface area contributed by atoms with E-state index in [-0.39, 0.29) is 11.3 Å². The zero-order valence-electron chi connectivity index (χ0n) is 13.8. The normalized spacial score (nSPS) is 20.2. The van der Waals surface area contributed by atoms with Crippen LogP contribution in [0.15, 0.2) is 24.3 Å². The van der Waals surface area contributed by atoms with Gasteiger partial charge < -0.3 is 10.6 Å². The molecule has 0 unspecified atom stereocenters. The largest absolute Gasteiger partial charge is 0.342 e. The summed E-state index contributed by atoms with van der Waals surface area (Å²) in [4.78, 5) is 14.9. The summed E-state index contributed by atoms with van der Waals surface area (Å²) < 4.78 is 0. The molecule has 1 fully saturated rings. The Morgan fingerprint density at radius 1 is 1.18 bits per heavy atom. The van der Waals surface area contributed by atoms with Gasteiger partial charge in [0, 0.05) is 19.0 Å². The van der Waals surface area contributed by atoms with Gasteiger partial charge in [0.2, 0.25) is 5.91 Å². The van der Waals surface area contributed by atoms with Crippen molar-refractivity contribution in [1.82, 2.24) is 4.90 Å². The molecule has 1 aromatic carbocycles. The van der Waals surface area contributed by atoms with Crippen molar-refractivity contribution in [1.29, 1.82) is 0 Å². The Morgan fingerprint density at radius 3 is 2.23 bits per heavy atom. The third-order valence-electron chi connectivity index (χ3n) is 5.84. The predicted molar refractivity (Wildman–Crippen MR) is 89.5 cm³/mol. The van der Waals surface area contributed by atoms with Gasteiger partial charge in [0.15, 0.2) is 0 Å². The van der Waals surface area contributed by atoms with Gasteiger partial charge in [-0.1, -0.05) is 38.1 Å². The molecule has 3 rings (SSSR count). The molecule has 1 heterocycles. The number of hydrogen-bond acceptors (Lipinski definition) is 2. The predicted octanol–water partition coefficient (Wildman–Crippen LogP) is 2.62. The number of amides is 1. The Bertz CT molecular complexity index is 519. The van der Waals surface area contributed by atoms with E-state index in [2.05, 4.69) is 43.0 Å².